The predicted molar refractivity (Wildman–Crippen MR) is 139 cm³/mol. The number of allylic oxidation sites excluding steroid dienone is 1. The highest BCUT2D eigenvalue weighted by Gasteiger charge is 2.25. The monoisotopic (exact) mass is 549 g/mol. The number of thiophene rings is 1. The number of rotatable bonds is 11. The Morgan fingerprint density at radius 2 is 2.06 bits per heavy atom. The van der Waals surface area contributed by atoms with E-state index in [-0.39, 0.29) is 27.8 Å². The third-order valence-corrected chi connectivity index (χ3v) is 7.39. The lowest BCUT2D eigenvalue weighted by Crippen LogP contribution is -2.16. The number of nitrogens with two attached hydrogens (primary N) is 1. The number of nitrogens with one attached hydrogen (secondary N) is 1. The van der Waals surface area contributed by atoms with Crippen molar-refractivity contribution >= 4 is 57.5 Å². The van der Waals surface area contributed by atoms with E-state index < -0.39 is 17.8 Å². The minimum atomic E-state index is -0.697. The summed E-state index contributed by atoms with van der Waals surface area (Å²) in [5.74, 6) is -0.770. The van der Waals surface area contributed by atoms with Crippen molar-refractivity contribution in [1.82, 2.24) is 14.8 Å². The summed E-state index contributed by atoms with van der Waals surface area (Å²) >= 11 is 8.27. The van der Waals surface area contributed by atoms with E-state index in [1.54, 1.807) is 23.6 Å². The first-order chi connectivity index (χ1) is 17.2. The maximum absolute atomic E-state index is 12.7. The van der Waals surface area contributed by atoms with Crippen molar-refractivity contribution in [3.05, 3.63) is 63.3 Å². The van der Waals surface area contributed by atoms with Gasteiger partial charge in [0, 0.05) is 6.54 Å². The first-order valence-corrected chi connectivity index (χ1v) is 12.7. The van der Waals surface area contributed by atoms with Crippen molar-refractivity contribution in [3.8, 4) is 5.75 Å². The van der Waals surface area contributed by atoms with Gasteiger partial charge < -0.3 is 20.5 Å². The number of ether oxygens (including phenoxy) is 2. The van der Waals surface area contributed by atoms with Gasteiger partial charge in [-0.2, -0.15) is 0 Å². The molecule has 0 aliphatic carbocycles. The molecule has 1 aromatic carbocycles. The van der Waals surface area contributed by atoms with Crippen LogP contribution in [0.1, 0.15) is 37.0 Å². The molecule has 2 amide bonds. The summed E-state index contributed by atoms with van der Waals surface area (Å²) in [6.07, 6.45) is 1.68. The van der Waals surface area contributed by atoms with Crippen molar-refractivity contribution in [3.63, 3.8) is 0 Å². The van der Waals surface area contributed by atoms with Crippen LogP contribution in [0.3, 0.4) is 0 Å². The standard InChI is InChI=1S/C23H24ClN5O5S2/c1-5-8-29-16(10-34-15-9-12(2)6-7-14(15)24)27-28-23(29)35-11-17(30)26-21-18(22(32)33-4)13(3)19(36-21)20(25)31/h5-7,9H,1,8,10-11H2,2-4H3,(H2,25,31)(H,26,30). The number of carbonyl (C=O) groups excluding carboxylic acids is 3. The third kappa shape index (κ3) is 6.25. The van der Waals surface area contributed by atoms with Crippen LogP contribution in [0.4, 0.5) is 5.00 Å². The molecule has 0 unspecified atom stereocenters. The van der Waals surface area contributed by atoms with Crippen molar-refractivity contribution in [2.75, 3.05) is 18.2 Å². The summed E-state index contributed by atoms with van der Waals surface area (Å²) in [5.41, 5.74) is 6.84. The quantitative estimate of drug-likeness (QED) is 0.208. The maximum Gasteiger partial charge on any atom is 0.341 e. The molecule has 2 aromatic heterocycles. The fourth-order valence-electron chi connectivity index (χ4n) is 3.19. The number of aryl methyl sites for hydroxylation is 1. The van der Waals surface area contributed by atoms with Crippen molar-refractivity contribution in [2.45, 2.75) is 32.2 Å². The molecule has 0 fully saturated rings. The highest BCUT2D eigenvalue weighted by atomic mass is 35.5. The summed E-state index contributed by atoms with van der Waals surface area (Å²) in [6.45, 7) is 7.78. The molecule has 190 valence electrons. The molecular weight excluding hydrogens is 526 g/mol. The Bertz CT molecular complexity index is 1320. The minimum absolute atomic E-state index is 0.0384. The van der Waals surface area contributed by atoms with E-state index in [9.17, 15) is 14.4 Å². The number of methoxy groups -OCH3 is 1. The highest BCUT2D eigenvalue weighted by molar-refractivity contribution is 7.99. The average molecular weight is 550 g/mol. The van der Waals surface area contributed by atoms with Crippen LogP contribution in [-0.2, 0) is 22.7 Å². The SMILES string of the molecule is C=CCn1c(COc2cc(C)ccc2Cl)nnc1SCC(=O)Nc1sc(C(N)=O)c(C)c1C(=O)OC. The zero-order valence-corrected chi connectivity index (χ0v) is 22.2. The lowest BCUT2D eigenvalue weighted by Gasteiger charge is -2.11. The Kier molecular flexibility index (Phi) is 9.13. The maximum atomic E-state index is 12.7. The fourth-order valence-corrected chi connectivity index (χ4v) is 5.19. The van der Waals surface area contributed by atoms with E-state index in [0.717, 1.165) is 28.7 Å². The zero-order chi connectivity index (χ0) is 26.4. The number of anilines is 1. The Hall–Kier alpha value is -3.35. The number of benzene rings is 1. The molecule has 0 atom stereocenters. The Balaban J connectivity index is 1.71. The molecule has 10 nitrogen and oxygen atoms in total. The molecule has 36 heavy (non-hydrogen) atoms. The summed E-state index contributed by atoms with van der Waals surface area (Å²) in [5, 5.41) is 12.2. The van der Waals surface area contributed by atoms with E-state index in [1.165, 1.54) is 7.11 Å². The van der Waals surface area contributed by atoms with Gasteiger partial charge >= 0.3 is 5.97 Å². The molecule has 0 radical (unpaired) electrons. The van der Waals surface area contributed by atoms with E-state index in [4.69, 9.17) is 26.8 Å². The molecule has 0 aliphatic heterocycles. The Morgan fingerprint density at radius 1 is 1.31 bits per heavy atom. The lowest BCUT2D eigenvalue weighted by atomic mass is 10.1. The van der Waals surface area contributed by atoms with Gasteiger partial charge in [0.1, 0.15) is 17.4 Å². The summed E-state index contributed by atoms with van der Waals surface area (Å²) in [4.78, 5) is 36.7. The van der Waals surface area contributed by atoms with Gasteiger partial charge in [0.05, 0.1) is 28.3 Å². The molecule has 0 bridgehead atoms. The average Bonchev–Trinajstić information content (AvgIpc) is 3.38. The van der Waals surface area contributed by atoms with Gasteiger partial charge in [0.15, 0.2) is 11.0 Å². The number of aromatic nitrogens is 3. The third-order valence-electron chi connectivity index (χ3n) is 4.89. The van der Waals surface area contributed by atoms with Crippen LogP contribution in [0.2, 0.25) is 5.02 Å². The van der Waals surface area contributed by atoms with E-state index in [0.29, 0.717) is 33.9 Å². The van der Waals surface area contributed by atoms with Crippen LogP contribution in [0.15, 0.2) is 36.0 Å². The van der Waals surface area contributed by atoms with Crippen LogP contribution < -0.4 is 15.8 Å². The number of esters is 1. The molecule has 2 heterocycles. The number of carbonyl (C=O) groups is 3. The zero-order valence-electron chi connectivity index (χ0n) is 19.8. The van der Waals surface area contributed by atoms with E-state index in [1.807, 2.05) is 19.1 Å². The molecule has 3 N–H and O–H groups in total. The van der Waals surface area contributed by atoms with E-state index in [2.05, 4.69) is 22.1 Å². The summed E-state index contributed by atoms with van der Waals surface area (Å²) in [6, 6.07) is 5.47. The topological polar surface area (TPSA) is 138 Å². The predicted octanol–water partition coefficient (Wildman–Crippen LogP) is 3.99. The van der Waals surface area contributed by atoms with Gasteiger partial charge in [-0.15, -0.1) is 28.1 Å². The number of thioether (sulfide) groups is 1. The Labute approximate surface area is 220 Å². The van der Waals surface area contributed by atoms with Crippen LogP contribution in [0.25, 0.3) is 0 Å². The molecule has 0 saturated heterocycles. The van der Waals surface area contributed by atoms with Gasteiger partial charge in [-0.05, 0) is 37.1 Å². The number of primary amides is 1. The normalized spacial score (nSPS) is 10.7. The van der Waals surface area contributed by atoms with Gasteiger partial charge in [-0.3, -0.25) is 14.2 Å². The largest absolute Gasteiger partial charge is 0.484 e. The fraction of sp³-hybridized carbons (Fsp3) is 0.261. The Morgan fingerprint density at radius 3 is 2.72 bits per heavy atom. The number of hydrogen-bond acceptors (Lipinski definition) is 9. The van der Waals surface area contributed by atoms with Crippen molar-refractivity contribution in [2.24, 2.45) is 5.73 Å². The van der Waals surface area contributed by atoms with Gasteiger partial charge in [0.25, 0.3) is 5.91 Å². The second-order valence-corrected chi connectivity index (χ2v) is 9.84. The number of nitrogens with zero attached hydrogens (tertiary/aromatic N) is 3. The van der Waals surface area contributed by atoms with Gasteiger partial charge in [-0.1, -0.05) is 35.5 Å². The second kappa shape index (κ2) is 12.1. The minimum Gasteiger partial charge on any atom is -0.484 e. The smallest absolute Gasteiger partial charge is 0.341 e. The molecule has 13 heteroatoms. The van der Waals surface area contributed by atoms with Crippen LogP contribution >= 0.6 is 34.7 Å². The lowest BCUT2D eigenvalue weighted by molar-refractivity contribution is -0.113. The number of halogens is 1. The molecule has 0 spiro atoms. The van der Waals surface area contributed by atoms with Gasteiger partial charge in [0.2, 0.25) is 5.91 Å². The number of hydrogen-bond donors (Lipinski definition) is 2. The molecule has 3 rings (SSSR count). The van der Waals surface area contributed by atoms with Crippen LogP contribution in [-0.4, -0.2) is 45.4 Å². The van der Waals surface area contributed by atoms with Crippen LogP contribution in [0.5, 0.6) is 5.75 Å². The van der Waals surface area contributed by atoms with Gasteiger partial charge in [-0.25, -0.2) is 4.79 Å². The first-order valence-electron chi connectivity index (χ1n) is 10.5. The second-order valence-electron chi connectivity index (χ2n) is 7.47. The molecule has 3 aromatic rings. The first kappa shape index (κ1) is 27.2. The molecule has 0 saturated carbocycles. The summed E-state index contributed by atoms with van der Waals surface area (Å²) in [7, 11) is 1.21. The summed E-state index contributed by atoms with van der Waals surface area (Å²) < 4.78 is 12.4. The number of amides is 2. The molecule has 0 aliphatic rings. The van der Waals surface area contributed by atoms with Crippen LogP contribution in [0, 0.1) is 13.8 Å². The highest BCUT2D eigenvalue weighted by Crippen LogP contribution is 2.34. The van der Waals surface area contributed by atoms with E-state index >= 15 is 0 Å². The molecular formula is C23H24ClN5O5S2. The van der Waals surface area contributed by atoms with Crippen molar-refractivity contribution in [1.29, 1.82) is 0 Å². The van der Waals surface area contributed by atoms with Crippen molar-refractivity contribution < 1.29 is 23.9 Å².